The van der Waals surface area contributed by atoms with Gasteiger partial charge in [0.15, 0.2) is 8.68 Å². The molecule has 114 valence electrons. The van der Waals surface area contributed by atoms with E-state index in [-0.39, 0.29) is 11.7 Å². The van der Waals surface area contributed by atoms with Crippen molar-refractivity contribution in [3.05, 3.63) is 23.8 Å². The van der Waals surface area contributed by atoms with Crippen LogP contribution in [0.2, 0.25) is 0 Å². The first-order valence-electron chi connectivity index (χ1n) is 6.09. The number of rotatable bonds is 6. The highest BCUT2D eigenvalue weighted by Crippen LogP contribution is 2.28. The first-order chi connectivity index (χ1) is 10.6. The van der Waals surface area contributed by atoms with E-state index in [2.05, 4.69) is 15.5 Å². The van der Waals surface area contributed by atoms with Crippen molar-refractivity contribution in [1.29, 1.82) is 5.26 Å². The van der Waals surface area contributed by atoms with Gasteiger partial charge in [0, 0.05) is 10.6 Å². The fraction of sp³-hybridized carbons (Fsp3) is 0.231. The highest BCUT2D eigenvalue weighted by Gasteiger charge is 2.09. The Balaban J connectivity index is 1.90. The Labute approximate surface area is 145 Å². The fourth-order valence-corrected chi connectivity index (χ4v) is 4.26. The van der Waals surface area contributed by atoms with E-state index in [1.54, 1.807) is 0 Å². The summed E-state index contributed by atoms with van der Waals surface area (Å²) in [5.74, 6) is 0.201. The van der Waals surface area contributed by atoms with Crippen molar-refractivity contribution in [3.8, 4) is 5.40 Å². The molecule has 0 spiro atoms. The van der Waals surface area contributed by atoms with Gasteiger partial charge in [-0.2, -0.15) is 5.26 Å². The molecule has 1 N–H and O–H groups in total. The number of aromatic nitrogens is 2. The van der Waals surface area contributed by atoms with Crippen molar-refractivity contribution in [3.63, 3.8) is 0 Å². The summed E-state index contributed by atoms with van der Waals surface area (Å²) >= 11 is 5.50. The molecule has 1 heterocycles. The average molecular weight is 369 g/mol. The molecule has 0 aliphatic carbocycles. The first kappa shape index (κ1) is 17.1. The van der Waals surface area contributed by atoms with Crippen molar-refractivity contribution in [2.45, 2.75) is 20.5 Å². The van der Waals surface area contributed by atoms with Crippen molar-refractivity contribution in [2.24, 2.45) is 0 Å². The summed E-state index contributed by atoms with van der Waals surface area (Å²) in [6, 6.07) is 5.51. The van der Waals surface area contributed by atoms with E-state index in [4.69, 9.17) is 5.26 Å². The van der Waals surface area contributed by atoms with Crippen LogP contribution in [0, 0.1) is 17.6 Å². The molecule has 0 unspecified atom stereocenters. The number of nitrogens with zero attached hydrogens (tertiary/aromatic N) is 3. The third kappa shape index (κ3) is 4.91. The minimum atomic E-state index is -0.0883. The second-order valence-corrected chi connectivity index (χ2v) is 8.16. The van der Waals surface area contributed by atoms with E-state index in [9.17, 15) is 4.79 Å². The molecule has 2 aromatic rings. The molecule has 0 saturated carbocycles. The van der Waals surface area contributed by atoms with E-state index in [0.29, 0.717) is 0 Å². The summed E-state index contributed by atoms with van der Waals surface area (Å²) in [5.41, 5.74) is 1.69. The summed E-state index contributed by atoms with van der Waals surface area (Å²) in [6.45, 7) is 1.90. The molecule has 0 saturated heterocycles. The van der Waals surface area contributed by atoms with Crippen LogP contribution in [0.3, 0.4) is 0 Å². The van der Waals surface area contributed by atoms with Crippen LogP contribution >= 0.6 is 46.6 Å². The SMILES string of the molecule is CSc1nnc(SCC(=O)Nc2ccc(SC#N)cc2C)s1. The van der Waals surface area contributed by atoms with Crippen LogP contribution in [0.4, 0.5) is 5.69 Å². The predicted octanol–water partition coefficient (Wildman–Crippen LogP) is 3.87. The molecule has 22 heavy (non-hydrogen) atoms. The van der Waals surface area contributed by atoms with Crippen LogP contribution in [0.15, 0.2) is 31.8 Å². The van der Waals surface area contributed by atoms with E-state index in [1.807, 2.05) is 36.8 Å². The number of anilines is 1. The Kier molecular flexibility index (Phi) is 6.57. The van der Waals surface area contributed by atoms with Crippen LogP contribution in [0.25, 0.3) is 0 Å². The molecular formula is C13H12N4OS4. The molecule has 2 rings (SSSR count). The highest BCUT2D eigenvalue weighted by molar-refractivity contribution is 8.03. The molecule has 1 aromatic heterocycles. The van der Waals surface area contributed by atoms with E-state index < -0.39 is 0 Å². The van der Waals surface area contributed by atoms with E-state index in [0.717, 1.165) is 36.6 Å². The van der Waals surface area contributed by atoms with Gasteiger partial charge in [0.1, 0.15) is 5.40 Å². The van der Waals surface area contributed by atoms with Gasteiger partial charge >= 0.3 is 0 Å². The molecule has 0 atom stereocenters. The number of aryl methyl sites for hydroxylation is 1. The number of carbonyl (C=O) groups excluding carboxylic acids is 1. The van der Waals surface area contributed by atoms with Gasteiger partial charge in [0.05, 0.1) is 5.75 Å². The normalized spacial score (nSPS) is 10.2. The van der Waals surface area contributed by atoms with Crippen LogP contribution < -0.4 is 5.32 Å². The minimum absolute atomic E-state index is 0.0883. The molecule has 0 fully saturated rings. The standard InChI is InChI=1S/C13H12N4OS4/c1-8-5-9(21-7-14)3-4-10(8)15-11(18)6-20-13-17-16-12(19-2)22-13/h3-5H,6H2,1-2H3,(H,15,18). The molecule has 0 aliphatic heterocycles. The largest absolute Gasteiger partial charge is 0.325 e. The quantitative estimate of drug-likeness (QED) is 0.612. The topological polar surface area (TPSA) is 78.7 Å². The van der Waals surface area contributed by atoms with Crippen LogP contribution in [-0.4, -0.2) is 28.1 Å². The van der Waals surface area contributed by atoms with Gasteiger partial charge in [-0.05, 0) is 48.7 Å². The molecule has 1 amide bonds. The second kappa shape index (κ2) is 8.43. The van der Waals surface area contributed by atoms with Crippen molar-refractivity contribution in [1.82, 2.24) is 10.2 Å². The fourth-order valence-electron chi connectivity index (χ4n) is 1.54. The zero-order chi connectivity index (χ0) is 15.9. The van der Waals surface area contributed by atoms with Gasteiger partial charge in [-0.1, -0.05) is 34.9 Å². The summed E-state index contributed by atoms with van der Waals surface area (Å²) < 4.78 is 1.68. The lowest BCUT2D eigenvalue weighted by atomic mass is 10.2. The number of amides is 1. The van der Waals surface area contributed by atoms with E-state index in [1.165, 1.54) is 34.9 Å². The summed E-state index contributed by atoms with van der Waals surface area (Å²) in [6.07, 6.45) is 1.94. The number of nitriles is 1. The molecule has 1 aromatic carbocycles. The molecular weight excluding hydrogens is 356 g/mol. The van der Waals surface area contributed by atoms with Crippen molar-refractivity contribution >= 4 is 58.2 Å². The Hall–Kier alpha value is -1.21. The zero-order valence-corrected chi connectivity index (χ0v) is 15.1. The maximum Gasteiger partial charge on any atom is 0.234 e. The van der Waals surface area contributed by atoms with Gasteiger partial charge in [-0.3, -0.25) is 4.79 Å². The smallest absolute Gasteiger partial charge is 0.234 e. The number of thioether (sulfide) groups is 3. The van der Waals surface area contributed by atoms with Crippen LogP contribution in [0.1, 0.15) is 5.56 Å². The minimum Gasteiger partial charge on any atom is -0.325 e. The highest BCUT2D eigenvalue weighted by atomic mass is 32.2. The zero-order valence-electron chi connectivity index (χ0n) is 11.8. The Morgan fingerprint density at radius 1 is 1.41 bits per heavy atom. The molecule has 0 radical (unpaired) electrons. The maximum absolute atomic E-state index is 12.0. The number of hydrogen-bond acceptors (Lipinski definition) is 8. The molecule has 9 heteroatoms. The third-order valence-corrected chi connectivity index (χ3v) is 6.14. The van der Waals surface area contributed by atoms with E-state index >= 15 is 0 Å². The number of benzene rings is 1. The van der Waals surface area contributed by atoms with Gasteiger partial charge in [-0.25, -0.2) is 0 Å². The van der Waals surface area contributed by atoms with Crippen LogP contribution in [0.5, 0.6) is 0 Å². The van der Waals surface area contributed by atoms with Crippen molar-refractivity contribution in [2.75, 3.05) is 17.3 Å². The number of carbonyl (C=O) groups is 1. The Morgan fingerprint density at radius 2 is 2.18 bits per heavy atom. The van der Waals surface area contributed by atoms with Crippen LogP contribution in [-0.2, 0) is 4.79 Å². The average Bonchev–Trinajstić information content (AvgIpc) is 2.96. The molecule has 0 aliphatic rings. The summed E-state index contributed by atoms with van der Waals surface area (Å²) in [4.78, 5) is 12.9. The molecule has 0 bridgehead atoms. The monoisotopic (exact) mass is 368 g/mol. The van der Waals surface area contributed by atoms with Crippen molar-refractivity contribution < 1.29 is 4.79 Å². The Bertz CT molecular complexity index is 710. The van der Waals surface area contributed by atoms with Gasteiger partial charge < -0.3 is 5.32 Å². The number of hydrogen-bond donors (Lipinski definition) is 1. The predicted molar refractivity (Wildman–Crippen MR) is 93.7 cm³/mol. The number of nitrogens with one attached hydrogen (secondary N) is 1. The molecule has 5 nitrogen and oxygen atoms in total. The lowest BCUT2D eigenvalue weighted by Crippen LogP contribution is -2.14. The first-order valence-corrected chi connectivity index (χ1v) is 9.93. The summed E-state index contributed by atoms with van der Waals surface area (Å²) in [5, 5.41) is 21.6. The van der Waals surface area contributed by atoms with Gasteiger partial charge in [0.2, 0.25) is 5.91 Å². The lowest BCUT2D eigenvalue weighted by molar-refractivity contribution is -0.113. The summed E-state index contributed by atoms with van der Waals surface area (Å²) in [7, 11) is 0. The Morgan fingerprint density at radius 3 is 2.82 bits per heavy atom. The lowest BCUT2D eigenvalue weighted by Gasteiger charge is -2.08. The third-order valence-electron chi connectivity index (χ3n) is 2.52. The van der Waals surface area contributed by atoms with Gasteiger partial charge in [-0.15, -0.1) is 10.2 Å². The van der Waals surface area contributed by atoms with Gasteiger partial charge in [0.25, 0.3) is 0 Å². The maximum atomic E-state index is 12.0. The second-order valence-electron chi connectivity index (χ2n) is 4.04. The number of thiocyanates is 1.